The van der Waals surface area contributed by atoms with E-state index in [0.29, 0.717) is 25.3 Å². The van der Waals surface area contributed by atoms with E-state index in [1.165, 1.54) is 0 Å². The lowest BCUT2D eigenvalue weighted by molar-refractivity contribution is 0.0950. The van der Waals surface area contributed by atoms with Crippen molar-refractivity contribution in [3.05, 3.63) is 57.3 Å². The van der Waals surface area contributed by atoms with Gasteiger partial charge in [0.05, 0.1) is 17.8 Å². The fraction of sp³-hybridized carbons (Fsp3) is 0.391. The van der Waals surface area contributed by atoms with Crippen molar-refractivity contribution >= 4 is 17.2 Å². The Morgan fingerprint density at radius 2 is 1.90 bits per heavy atom. The molecule has 0 unspecified atom stereocenters. The molecule has 3 aromatic rings. The summed E-state index contributed by atoms with van der Waals surface area (Å²) in [5.74, 6) is 1.39. The van der Waals surface area contributed by atoms with Crippen LogP contribution in [0.5, 0.6) is 11.5 Å². The fourth-order valence-electron chi connectivity index (χ4n) is 3.55. The molecule has 1 aromatic carbocycles. The van der Waals surface area contributed by atoms with Gasteiger partial charge in [-0.3, -0.25) is 4.79 Å². The molecule has 2 aromatic heterocycles. The van der Waals surface area contributed by atoms with E-state index >= 15 is 0 Å². The highest BCUT2D eigenvalue weighted by molar-refractivity contribution is 7.09. The van der Waals surface area contributed by atoms with Crippen molar-refractivity contribution in [2.45, 2.75) is 46.6 Å². The van der Waals surface area contributed by atoms with Crippen LogP contribution in [0.3, 0.4) is 0 Å². The van der Waals surface area contributed by atoms with E-state index in [1.54, 1.807) is 11.3 Å². The molecule has 7 heteroatoms. The Hall–Kier alpha value is -2.80. The molecule has 0 saturated heterocycles. The van der Waals surface area contributed by atoms with Gasteiger partial charge in [0, 0.05) is 33.9 Å². The number of aromatic nitrogens is 2. The van der Waals surface area contributed by atoms with Gasteiger partial charge in [0.2, 0.25) is 0 Å². The van der Waals surface area contributed by atoms with Crippen LogP contribution in [-0.4, -0.2) is 28.7 Å². The van der Waals surface area contributed by atoms with Crippen molar-refractivity contribution in [2.75, 3.05) is 13.2 Å². The second-order valence-electron chi connectivity index (χ2n) is 8.51. The Bertz CT molecular complexity index is 1090. The van der Waals surface area contributed by atoms with Gasteiger partial charge < -0.3 is 19.4 Å². The highest BCUT2D eigenvalue weighted by Crippen LogP contribution is 2.33. The smallest absolute Gasteiger partial charge is 0.253 e. The first-order valence-electron chi connectivity index (χ1n) is 10.1. The van der Waals surface area contributed by atoms with Crippen molar-refractivity contribution in [3.63, 3.8) is 0 Å². The number of nitrogens with one attached hydrogen (secondary N) is 1. The van der Waals surface area contributed by atoms with Crippen LogP contribution in [0, 0.1) is 13.8 Å². The minimum Gasteiger partial charge on any atom is -0.486 e. The van der Waals surface area contributed by atoms with Crippen LogP contribution in [0.2, 0.25) is 0 Å². The number of thiazole rings is 1. The van der Waals surface area contributed by atoms with E-state index in [9.17, 15) is 4.79 Å². The first-order valence-corrected chi connectivity index (χ1v) is 10.9. The van der Waals surface area contributed by atoms with Gasteiger partial charge in [-0.2, -0.15) is 0 Å². The summed E-state index contributed by atoms with van der Waals surface area (Å²) in [6.07, 6.45) is 0. The number of carbonyl (C=O) groups is 1. The van der Waals surface area contributed by atoms with Gasteiger partial charge in [0.1, 0.15) is 18.2 Å². The third-order valence-electron chi connectivity index (χ3n) is 5.18. The first-order chi connectivity index (χ1) is 14.2. The van der Waals surface area contributed by atoms with E-state index in [2.05, 4.69) is 41.0 Å². The summed E-state index contributed by atoms with van der Waals surface area (Å²) in [5.41, 5.74) is 4.54. The summed E-state index contributed by atoms with van der Waals surface area (Å²) < 4.78 is 13.4. The Morgan fingerprint density at radius 1 is 1.17 bits per heavy atom. The summed E-state index contributed by atoms with van der Waals surface area (Å²) >= 11 is 1.58. The first kappa shape index (κ1) is 20.5. The number of nitrogens with zero attached hydrogens (tertiary/aromatic N) is 2. The molecule has 1 aliphatic heterocycles. The van der Waals surface area contributed by atoms with Crippen molar-refractivity contribution in [1.29, 1.82) is 0 Å². The molecule has 0 aliphatic carbocycles. The molecule has 3 heterocycles. The number of hydrogen-bond acceptors (Lipinski definition) is 5. The number of aryl methyl sites for hydroxylation is 1. The number of amides is 1. The fourth-order valence-corrected chi connectivity index (χ4v) is 4.51. The normalized spacial score (nSPS) is 13.4. The van der Waals surface area contributed by atoms with E-state index in [1.807, 2.05) is 38.1 Å². The number of ether oxygens (including phenoxy) is 2. The van der Waals surface area contributed by atoms with Gasteiger partial charge in [-0.25, -0.2) is 4.98 Å². The lowest BCUT2D eigenvalue weighted by Crippen LogP contribution is -2.23. The van der Waals surface area contributed by atoms with Crippen LogP contribution in [0.1, 0.15) is 53.2 Å². The Balaban J connectivity index is 1.53. The number of carbonyl (C=O) groups excluding carboxylic acids is 1. The molecule has 0 spiro atoms. The largest absolute Gasteiger partial charge is 0.486 e. The third kappa shape index (κ3) is 3.94. The second-order valence-corrected chi connectivity index (χ2v) is 9.45. The summed E-state index contributed by atoms with van der Waals surface area (Å²) in [6.45, 7) is 11.9. The summed E-state index contributed by atoms with van der Waals surface area (Å²) in [6, 6.07) is 7.78. The summed E-state index contributed by atoms with van der Waals surface area (Å²) in [5, 5.41) is 5.99. The maximum atomic E-state index is 12.9. The zero-order valence-electron chi connectivity index (χ0n) is 18.0. The van der Waals surface area contributed by atoms with E-state index < -0.39 is 0 Å². The highest BCUT2D eigenvalue weighted by atomic mass is 32.1. The van der Waals surface area contributed by atoms with E-state index in [0.717, 1.165) is 39.3 Å². The summed E-state index contributed by atoms with van der Waals surface area (Å²) in [7, 11) is 0. The molecule has 0 saturated carbocycles. The molecule has 0 radical (unpaired) electrons. The molecule has 30 heavy (non-hydrogen) atoms. The van der Waals surface area contributed by atoms with E-state index in [-0.39, 0.29) is 11.3 Å². The topological polar surface area (TPSA) is 65.4 Å². The molecule has 1 N–H and O–H groups in total. The maximum Gasteiger partial charge on any atom is 0.253 e. The van der Waals surface area contributed by atoms with Gasteiger partial charge in [-0.15, -0.1) is 11.3 Å². The van der Waals surface area contributed by atoms with Gasteiger partial charge in [-0.05, 0) is 32.0 Å². The average Bonchev–Trinajstić information content (AvgIpc) is 3.30. The van der Waals surface area contributed by atoms with Crippen LogP contribution in [0.15, 0.2) is 29.6 Å². The van der Waals surface area contributed by atoms with Crippen LogP contribution >= 0.6 is 11.3 Å². The molecule has 4 rings (SSSR count). The monoisotopic (exact) mass is 425 g/mol. The van der Waals surface area contributed by atoms with Crippen LogP contribution < -0.4 is 14.8 Å². The quantitative estimate of drug-likeness (QED) is 0.666. The lowest BCUT2D eigenvalue weighted by atomic mass is 9.93. The molecular weight excluding hydrogens is 398 g/mol. The highest BCUT2D eigenvalue weighted by Gasteiger charge is 2.20. The number of benzene rings is 1. The van der Waals surface area contributed by atoms with E-state index in [4.69, 9.17) is 9.47 Å². The van der Waals surface area contributed by atoms with Crippen molar-refractivity contribution in [1.82, 2.24) is 14.9 Å². The molecule has 0 bridgehead atoms. The van der Waals surface area contributed by atoms with Gasteiger partial charge in [-0.1, -0.05) is 20.8 Å². The number of fused-ring (bicyclic) bond motifs is 1. The van der Waals surface area contributed by atoms with Crippen molar-refractivity contribution in [3.8, 4) is 17.2 Å². The van der Waals surface area contributed by atoms with Gasteiger partial charge >= 0.3 is 0 Å². The second kappa shape index (κ2) is 7.80. The van der Waals surface area contributed by atoms with Crippen LogP contribution in [0.25, 0.3) is 5.69 Å². The number of rotatable bonds is 4. The Morgan fingerprint density at radius 3 is 2.60 bits per heavy atom. The molecule has 0 atom stereocenters. The molecule has 6 nitrogen and oxygen atoms in total. The molecule has 0 fully saturated rings. The summed E-state index contributed by atoms with van der Waals surface area (Å²) in [4.78, 5) is 17.5. The standard InChI is InChI=1S/C23H27N3O3S/c1-14-10-17(22(27)24-12-21-25-20(13-30-21)23(3,4)5)15(2)26(14)16-6-7-18-19(11-16)29-9-8-28-18/h6-7,10-11,13H,8-9,12H2,1-5H3,(H,24,27). The van der Waals surface area contributed by atoms with Crippen LogP contribution in [-0.2, 0) is 12.0 Å². The average molecular weight is 426 g/mol. The maximum absolute atomic E-state index is 12.9. The minimum absolute atomic E-state index is 0.00725. The predicted octanol–water partition coefficient (Wildman–Crippen LogP) is 4.55. The van der Waals surface area contributed by atoms with Crippen LogP contribution in [0.4, 0.5) is 0 Å². The SMILES string of the molecule is Cc1cc(C(=O)NCc2nc(C(C)(C)C)cs2)c(C)n1-c1ccc2c(c1)OCCO2. The zero-order chi connectivity index (χ0) is 21.5. The Kier molecular flexibility index (Phi) is 5.32. The van der Waals surface area contributed by atoms with Gasteiger partial charge in [0.25, 0.3) is 5.91 Å². The zero-order valence-corrected chi connectivity index (χ0v) is 18.9. The van der Waals surface area contributed by atoms with Crippen molar-refractivity contribution in [2.24, 2.45) is 0 Å². The molecule has 1 amide bonds. The molecule has 1 aliphatic rings. The van der Waals surface area contributed by atoms with Gasteiger partial charge in [0.15, 0.2) is 11.5 Å². The predicted molar refractivity (Wildman–Crippen MR) is 118 cm³/mol. The molecule has 158 valence electrons. The van der Waals surface area contributed by atoms with Crippen molar-refractivity contribution < 1.29 is 14.3 Å². The minimum atomic E-state index is -0.0978. The lowest BCUT2D eigenvalue weighted by Gasteiger charge is -2.20. The number of hydrogen-bond donors (Lipinski definition) is 1. The third-order valence-corrected chi connectivity index (χ3v) is 6.03. The molecular formula is C23H27N3O3S. The Labute approximate surface area is 180 Å².